The predicted octanol–water partition coefficient (Wildman–Crippen LogP) is 2.48. The maximum absolute atomic E-state index is 10.9. The second-order valence-electron chi connectivity index (χ2n) is 4.55. The topological polar surface area (TPSA) is 20.3 Å². The van der Waals surface area contributed by atoms with Gasteiger partial charge in [0.1, 0.15) is 5.78 Å². The smallest absolute Gasteiger partial charge is 0.129 e. The number of hydrogen-bond acceptors (Lipinski definition) is 2. The van der Waals surface area contributed by atoms with Gasteiger partial charge in [-0.25, -0.2) is 0 Å². The molecule has 2 nitrogen and oxygen atoms in total. The Morgan fingerprint density at radius 1 is 1.50 bits per heavy atom. The van der Waals surface area contributed by atoms with Crippen molar-refractivity contribution in [1.82, 2.24) is 4.90 Å². The third-order valence-electron chi connectivity index (χ3n) is 3.05. The van der Waals surface area contributed by atoms with Crippen LogP contribution in [0.1, 0.15) is 46.0 Å². The molecule has 0 radical (unpaired) electrons. The molecule has 0 N–H and O–H groups in total. The number of hydrogen-bond donors (Lipinski definition) is 0. The SMILES string of the molecule is CCCN1CCCC(CCC(C)=O)C1. The van der Waals surface area contributed by atoms with Crippen molar-refractivity contribution in [3.05, 3.63) is 0 Å². The van der Waals surface area contributed by atoms with E-state index >= 15 is 0 Å². The number of likely N-dealkylation sites (tertiary alicyclic amines) is 1. The fraction of sp³-hybridized carbons (Fsp3) is 0.917. The van der Waals surface area contributed by atoms with Crippen LogP contribution in [-0.4, -0.2) is 30.3 Å². The van der Waals surface area contributed by atoms with Crippen LogP contribution in [0.2, 0.25) is 0 Å². The van der Waals surface area contributed by atoms with Gasteiger partial charge in [-0.2, -0.15) is 0 Å². The van der Waals surface area contributed by atoms with E-state index in [1.807, 2.05) is 0 Å². The van der Waals surface area contributed by atoms with Crippen LogP contribution in [0.5, 0.6) is 0 Å². The van der Waals surface area contributed by atoms with Crippen LogP contribution in [-0.2, 0) is 4.79 Å². The molecule has 1 atom stereocenters. The van der Waals surface area contributed by atoms with E-state index < -0.39 is 0 Å². The van der Waals surface area contributed by atoms with Crippen LogP contribution >= 0.6 is 0 Å². The van der Waals surface area contributed by atoms with E-state index in [0.717, 1.165) is 18.8 Å². The van der Waals surface area contributed by atoms with Crippen LogP contribution in [0.25, 0.3) is 0 Å². The molecular weight excluding hydrogens is 174 g/mol. The standard InChI is InChI=1S/C12H23NO/c1-3-8-13-9-4-5-12(10-13)7-6-11(2)14/h12H,3-10H2,1-2H3. The minimum Gasteiger partial charge on any atom is -0.303 e. The van der Waals surface area contributed by atoms with Crippen molar-refractivity contribution in [2.45, 2.75) is 46.0 Å². The first-order chi connectivity index (χ1) is 6.72. The lowest BCUT2D eigenvalue weighted by Gasteiger charge is -2.32. The van der Waals surface area contributed by atoms with E-state index in [9.17, 15) is 4.79 Å². The Balaban J connectivity index is 2.21. The van der Waals surface area contributed by atoms with Gasteiger partial charge < -0.3 is 9.69 Å². The molecule has 0 amide bonds. The number of carbonyl (C=O) groups is 1. The Labute approximate surface area is 87.7 Å². The van der Waals surface area contributed by atoms with Gasteiger partial charge in [0.2, 0.25) is 0 Å². The Bertz CT molecular complexity index is 177. The summed E-state index contributed by atoms with van der Waals surface area (Å²) in [5.74, 6) is 1.12. The molecule has 1 saturated heterocycles. The van der Waals surface area contributed by atoms with Crippen molar-refractivity contribution in [2.75, 3.05) is 19.6 Å². The highest BCUT2D eigenvalue weighted by Crippen LogP contribution is 2.20. The third-order valence-corrected chi connectivity index (χ3v) is 3.05. The highest BCUT2D eigenvalue weighted by Gasteiger charge is 2.18. The molecule has 1 heterocycles. The summed E-state index contributed by atoms with van der Waals surface area (Å²) in [6, 6.07) is 0. The summed E-state index contributed by atoms with van der Waals surface area (Å²) >= 11 is 0. The average molecular weight is 197 g/mol. The predicted molar refractivity (Wildman–Crippen MR) is 59.4 cm³/mol. The van der Waals surface area contributed by atoms with Crippen molar-refractivity contribution < 1.29 is 4.79 Å². The molecule has 2 heteroatoms. The minimum absolute atomic E-state index is 0.345. The van der Waals surface area contributed by atoms with Gasteiger partial charge >= 0.3 is 0 Å². The number of rotatable bonds is 5. The van der Waals surface area contributed by atoms with Gasteiger partial charge in [0.25, 0.3) is 0 Å². The summed E-state index contributed by atoms with van der Waals surface area (Å²) in [6.45, 7) is 7.66. The molecule has 0 spiro atoms. The number of carbonyl (C=O) groups excluding carboxylic acids is 1. The van der Waals surface area contributed by atoms with Crippen molar-refractivity contribution in [3.63, 3.8) is 0 Å². The maximum atomic E-state index is 10.9. The zero-order valence-electron chi connectivity index (χ0n) is 9.59. The quantitative estimate of drug-likeness (QED) is 0.675. The fourth-order valence-corrected chi connectivity index (χ4v) is 2.31. The van der Waals surface area contributed by atoms with Gasteiger partial charge in [-0.05, 0) is 51.6 Å². The van der Waals surface area contributed by atoms with Gasteiger partial charge in [0, 0.05) is 13.0 Å². The Hall–Kier alpha value is -0.370. The first-order valence-corrected chi connectivity index (χ1v) is 5.94. The van der Waals surface area contributed by atoms with E-state index in [1.54, 1.807) is 6.92 Å². The fourth-order valence-electron chi connectivity index (χ4n) is 2.31. The second kappa shape index (κ2) is 6.18. The van der Waals surface area contributed by atoms with Crippen LogP contribution in [0.4, 0.5) is 0 Å². The number of ketones is 1. The van der Waals surface area contributed by atoms with Crippen molar-refractivity contribution in [3.8, 4) is 0 Å². The summed E-state index contributed by atoms with van der Waals surface area (Å²) in [4.78, 5) is 13.4. The molecule has 0 aromatic rings. The molecular formula is C12H23NO. The molecule has 1 aliphatic heterocycles. The number of nitrogens with zero attached hydrogens (tertiary/aromatic N) is 1. The van der Waals surface area contributed by atoms with Crippen molar-refractivity contribution in [1.29, 1.82) is 0 Å². The van der Waals surface area contributed by atoms with Crippen LogP contribution in [0.3, 0.4) is 0 Å². The summed E-state index contributed by atoms with van der Waals surface area (Å²) < 4.78 is 0. The molecule has 14 heavy (non-hydrogen) atoms. The van der Waals surface area contributed by atoms with Crippen LogP contribution in [0, 0.1) is 5.92 Å². The highest BCUT2D eigenvalue weighted by atomic mass is 16.1. The molecule has 1 fully saturated rings. The Morgan fingerprint density at radius 2 is 2.29 bits per heavy atom. The average Bonchev–Trinajstić information content (AvgIpc) is 2.16. The van der Waals surface area contributed by atoms with Gasteiger partial charge in [-0.15, -0.1) is 0 Å². The molecule has 0 saturated carbocycles. The first-order valence-electron chi connectivity index (χ1n) is 5.94. The van der Waals surface area contributed by atoms with Crippen LogP contribution in [0.15, 0.2) is 0 Å². The summed E-state index contributed by atoms with van der Waals surface area (Å²) in [6.07, 6.45) is 5.79. The zero-order valence-corrected chi connectivity index (χ0v) is 9.59. The molecule has 82 valence electrons. The van der Waals surface area contributed by atoms with E-state index in [-0.39, 0.29) is 0 Å². The van der Waals surface area contributed by atoms with Gasteiger partial charge in [-0.1, -0.05) is 6.92 Å². The van der Waals surface area contributed by atoms with E-state index in [4.69, 9.17) is 0 Å². The zero-order chi connectivity index (χ0) is 10.4. The van der Waals surface area contributed by atoms with Crippen LogP contribution < -0.4 is 0 Å². The molecule has 1 unspecified atom stereocenters. The van der Waals surface area contributed by atoms with Crippen molar-refractivity contribution >= 4 is 5.78 Å². The highest BCUT2D eigenvalue weighted by molar-refractivity contribution is 5.75. The Morgan fingerprint density at radius 3 is 2.93 bits per heavy atom. The lowest BCUT2D eigenvalue weighted by Crippen LogP contribution is -2.35. The van der Waals surface area contributed by atoms with E-state index in [1.165, 1.54) is 38.9 Å². The summed E-state index contributed by atoms with van der Waals surface area (Å²) in [7, 11) is 0. The normalized spacial score (nSPS) is 23.7. The largest absolute Gasteiger partial charge is 0.303 e. The Kier molecular flexibility index (Phi) is 5.16. The second-order valence-corrected chi connectivity index (χ2v) is 4.55. The minimum atomic E-state index is 0.345. The maximum Gasteiger partial charge on any atom is 0.129 e. The monoisotopic (exact) mass is 197 g/mol. The third kappa shape index (κ3) is 4.23. The molecule has 1 aliphatic rings. The lowest BCUT2D eigenvalue weighted by atomic mass is 9.92. The summed E-state index contributed by atoms with van der Waals surface area (Å²) in [5.41, 5.74) is 0. The molecule has 0 bridgehead atoms. The lowest BCUT2D eigenvalue weighted by molar-refractivity contribution is -0.117. The van der Waals surface area contributed by atoms with E-state index in [0.29, 0.717) is 5.78 Å². The van der Waals surface area contributed by atoms with Gasteiger partial charge in [-0.3, -0.25) is 0 Å². The summed E-state index contributed by atoms with van der Waals surface area (Å²) in [5, 5.41) is 0. The van der Waals surface area contributed by atoms with Gasteiger partial charge in [0.15, 0.2) is 0 Å². The molecule has 0 aromatic heterocycles. The van der Waals surface area contributed by atoms with Crippen molar-refractivity contribution in [2.24, 2.45) is 5.92 Å². The molecule has 1 rings (SSSR count). The van der Waals surface area contributed by atoms with E-state index in [2.05, 4.69) is 11.8 Å². The first kappa shape index (κ1) is 11.7. The molecule has 0 aromatic carbocycles. The molecule has 0 aliphatic carbocycles. The number of Topliss-reactive ketones (excluding diaryl/α,β-unsaturated/α-hetero) is 1. The van der Waals surface area contributed by atoms with Gasteiger partial charge in [0.05, 0.1) is 0 Å². The number of piperidine rings is 1.